The molecule has 2 aromatic rings. The molecule has 0 saturated heterocycles. The van der Waals surface area contributed by atoms with Gasteiger partial charge in [0.2, 0.25) is 0 Å². The number of hydrogen-bond acceptors (Lipinski definition) is 3. The Hall–Kier alpha value is -1.24. The first kappa shape index (κ1) is 14.7. The Kier molecular flexibility index (Phi) is 4.37. The van der Waals surface area contributed by atoms with Crippen LogP contribution in [0.1, 0.15) is 42.8 Å². The van der Waals surface area contributed by atoms with Gasteiger partial charge in [0.05, 0.1) is 9.26 Å². The van der Waals surface area contributed by atoms with Gasteiger partial charge in [-0.2, -0.15) is 0 Å². The molecule has 1 N–H and O–H groups in total. The Labute approximate surface area is 137 Å². The molecule has 110 valence electrons. The van der Waals surface area contributed by atoms with E-state index in [1.54, 1.807) is 12.1 Å². The molecule has 0 spiro atoms. The lowest BCUT2D eigenvalue weighted by atomic mass is 10.1. The quantitative estimate of drug-likeness (QED) is 0.772. The normalized spacial score (nSPS) is 14.2. The van der Waals surface area contributed by atoms with Crippen molar-refractivity contribution in [3.8, 4) is 0 Å². The van der Waals surface area contributed by atoms with Crippen LogP contribution in [-0.2, 0) is 6.42 Å². The van der Waals surface area contributed by atoms with Crippen molar-refractivity contribution in [3.63, 3.8) is 0 Å². The fraction of sp³-hybridized carbons (Fsp3) is 0.375. The van der Waals surface area contributed by atoms with Crippen molar-refractivity contribution in [1.29, 1.82) is 0 Å². The molecule has 0 aliphatic heterocycles. The first-order valence-corrected chi connectivity index (χ1v) is 8.30. The molecule has 1 aliphatic rings. The van der Waals surface area contributed by atoms with Crippen molar-refractivity contribution < 1.29 is 4.39 Å². The van der Waals surface area contributed by atoms with E-state index in [-0.39, 0.29) is 5.82 Å². The number of rotatable bonds is 5. The molecule has 21 heavy (non-hydrogen) atoms. The fourth-order valence-corrected chi connectivity index (χ4v) is 3.21. The summed E-state index contributed by atoms with van der Waals surface area (Å²) in [6.45, 7) is 2.89. The summed E-state index contributed by atoms with van der Waals surface area (Å²) < 4.78 is 14.4. The molecule has 5 heteroatoms. The molecule has 3 rings (SSSR count). The average molecular weight is 397 g/mol. The van der Waals surface area contributed by atoms with Gasteiger partial charge in [-0.15, -0.1) is 0 Å². The molecule has 0 amide bonds. The summed E-state index contributed by atoms with van der Waals surface area (Å²) in [4.78, 5) is 9.33. The van der Waals surface area contributed by atoms with Crippen molar-refractivity contribution >= 4 is 28.4 Å². The zero-order valence-electron chi connectivity index (χ0n) is 11.9. The molecule has 0 radical (unpaired) electrons. The highest BCUT2D eigenvalue weighted by Gasteiger charge is 2.29. The molecular formula is C16H17FIN3. The number of hydrogen-bond donors (Lipinski definition) is 1. The molecule has 1 saturated carbocycles. The number of benzene rings is 1. The third kappa shape index (κ3) is 3.51. The highest BCUT2D eigenvalue weighted by molar-refractivity contribution is 14.1. The fourth-order valence-electron chi connectivity index (χ4n) is 2.33. The smallest absolute Gasteiger partial charge is 0.143 e. The summed E-state index contributed by atoms with van der Waals surface area (Å²) in [6, 6.07) is 6.64. The zero-order chi connectivity index (χ0) is 14.8. The molecule has 1 aromatic carbocycles. The van der Waals surface area contributed by atoms with E-state index in [1.807, 2.05) is 6.07 Å². The number of anilines is 1. The monoisotopic (exact) mass is 397 g/mol. The molecule has 0 bridgehead atoms. The van der Waals surface area contributed by atoms with Crippen molar-refractivity contribution in [2.45, 2.75) is 32.1 Å². The lowest BCUT2D eigenvalue weighted by Crippen LogP contribution is -2.09. The lowest BCUT2D eigenvalue weighted by molar-refractivity contribution is 0.625. The second kappa shape index (κ2) is 6.25. The summed E-state index contributed by atoms with van der Waals surface area (Å²) in [5.74, 6) is 2.02. The SMILES string of the molecule is CCNc1nc(Cc2cccc(F)c2)nc(C2CC2)c1I. The van der Waals surface area contributed by atoms with Gasteiger partial charge in [-0.1, -0.05) is 12.1 Å². The van der Waals surface area contributed by atoms with E-state index in [0.29, 0.717) is 12.3 Å². The van der Waals surface area contributed by atoms with Gasteiger partial charge in [-0.3, -0.25) is 0 Å². The molecule has 3 nitrogen and oxygen atoms in total. The molecule has 0 atom stereocenters. The van der Waals surface area contributed by atoms with Gasteiger partial charge in [0, 0.05) is 18.9 Å². The molecular weight excluding hydrogens is 380 g/mol. The average Bonchev–Trinajstić information content (AvgIpc) is 3.27. The van der Waals surface area contributed by atoms with Crippen LogP contribution < -0.4 is 5.32 Å². The molecule has 1 fully saturated rings. The second-order valence-electron chi connectivity index (χ2n) is 5.30. The largest absolute Gasteiger partial charge is 0.369 e. The van der Waals surface area contributed by atoms with Crippen LogP contribution in [-0.4, -0.2) is 16.5 Å². The van der Waals surface area contributed by atoms with E-state index >= 15 is 0 Å². The standard InChI is InChI=1S/C16H17FIN3/c1-2-19-16-14(18)15(11-6-7-11)20-13(21-16)9-10-4-3-5-12(17)8-10/h3-5,8,11H,2,6-7,9H2,1H3,(H,19,20,21). The van der Waals surface area contributed by atoms with Crippen LogP contribution in [0.15, 0.2) is 24.3 Å². The Morgan fingerprint density at radius 2 is 2.14 bits per heavy atom. The topological polar surface area (TPSA) is 37.8 Å². The number of aromatic nitrogens is 2. The Balaban J connectivity index is 1.94. The van der Waals surface area contributed by atoms with Crippen molar-refractivity contribution in [3.05, 3.63) is 50.7 Å². The van der Waals surface area contributed by atoms with Gasteiger partial charge in [-0.25, -0.2) is 14.4 Å². The van der Waals surface area contributed by atoms with Crippen LogP contribution in [0.2, 0.25) is 0 Å². The predicted octanol–water partition coefficient (Wildman–Crippen LogP) is 4.12. The summed E-state index contributed by atoms with van der Waals surface area (Å²) >= 11 is 2.33. The minimum Gasteiger partial charge on any atom is -0.369 e. The number of nitrogens with zero attached hydrogens (tertiary/aromatic N) is 2. The third-order valence-electron chi connectivity index (χ3n) is 3.48. The van der Waals surface area contributed by atoms with E-state index < -0.39 is 0 Å². The third-order valence-corrected chi connectivity index (χ3v) is 4.55. The second-order valence-corrected chi connectivity index (χ2v) is 6.38. The summed E-state index contributed by atoms with van der Waals surface area (Å²) in [7, 11) is 0. The highest BCUT2D eigenvalue weighted by Crippen LogP contribution is 2.42. The van der Waals surface area contributed by atoms with E-state index in [2.05, 4.69) is 39.8 Å². The molecule has 1 aliphatic carbocycles. The van der Waals surface area contributed by atoms with Crippen molar-refractivity contribution in [1.82, 2.24) is 9.97 Å². The van der Waals surface area contributed by atoms with E-state index in [1.165, 1.54) is 18.9 Å². The van der Waals surface area contributed by atoms with Gasteiger partial charge in [-0.05, 0) is 60.1 Å². The summed E-state index contributed by atoms with van der Waals surface area (Å²) in [6.07, 6.45) is 2.97. The lowest BCUT2D eigenvalue weighted by Gasteiger charge is -2.12. The van der Waals surface area contributed by atoms with E-state index in [4.69, 9.17) is 4.98 Å². The summed E-state index contributed by atoms with van der Waals surface area (Å²) in [5, 5.41) is 3.30. The van der Waals surface area contributed by atoms with Crippen LogP contribution in [0, 0.1) is 9.39 Å². The molecule has 0 unspecified atom stereocenters. The van der Waals surface area contributed by atoms with Gasteiger partial charge in [0.15, 0.2) is 0 Å². The van der Waals surface area contributed by atoms with Gasteiger partial charge in [0.1, 0.15) is 17.5 Å². The van der Waals surface area contributed by atoms with Gasteiger partial charge < -0.3 is 5.32 Å². The Bertz CT molecular complexity index is 656. The van der Waals surface area contributed by atoms with Crippen molar-refractivity contribution in [2.24, 2.45) is 0 Å². The number of nitrogens with one attached hydrogen (secondary N) is 1. The first-order chi connectivity index (χ1) is 10.2. The highest BCUT2D eigenvalue weighted by atomic mass is 127. The van der Waals surface area contributed by atoms with Crippen molar-refractivity contribution in [2.75, 3.05) is 11.9 Å². The van der Waals surface area contributed by atoms with E-state index in [9.17, 15) is 4.39 Å². The maximum atomic E-state index is 13.3. The molecule has 1 aromatic heterocycles. The van der Waals surface area contributed by atoms with Crippen LogP contribution in [0.3, 0.4) is 0 Å². The maximum Gasteiger partial charge on any atom is 0.143 e. The number of halogens is 2. The van der Waals surface area contributed by atoms with Gasteiger partial charge in [0.25, 0.3) is 0 Å². The summed E-state index contributed by atoms with van der Waals surface area (Å²) in [5.41, 5.74) is 2.05. The van der Waals surface area contributed by atoms with Gasteiger partial charge >= 0.3 is 0 Å². The van der Waals surface area contributed by atoms with Crippen LogP contribution in [0.25, 0.3) is 0 Å². The van der Waals surface area contributed by atoms with Crippen LogP contribution >= 0.6 is 22.6 Å². The predicted molar refractivity (Wildman–Crippen MR) is 90.1 cm³/mol. The van der Waals surface area contributed by atoms with Crippen LogP contribution in [0.4, 0.5) is 10.2 Å². The minimum absolute atomic E-state index is 0.215. The Morgan fingerprint density at radius 1 is 1.33 bits per heavy atom. The molecule has 1 heterocycles. The van der Waals surface area contributed by atoms with Crippen LogP contribution in [0.5, 0.6) is 0 Å². The van der Waals surface area contributed by atoms with E-state index in [0.717, 1.165) is 33.0 Å². The first-order valence-electron chi connectivity index (χ1n) is 7.22. The zero-order valence-corrected chi connectivity index (χ0v) is 14.0. The minimum atomic E-state index is -0.215. The maximum absolute atomic E-state index is 13.3. The Morgan fingerprint density at radius 3 is 2.81 bits per heavy atom.